The Morgan fingerprint density at radius 3 is 2.33 bits per heavy atom. The maximum absolute atomic E-state index is 12.7. The number of rotatable bonds is 1. The van der Waals surface area contributed by atoms with Crippen LogP contribution in [0.2, 0.25) is 0 Å². The van der Waals surface area contributed by atoms with Crippen LogP contribution < -0.4 is 5.43 Å². The lowest BCUT2D eigenvalue weighted by Gasteiger charge is -2.07. The van der Waals surface area contributed by atoms with E-state index >= 15 is 0 Å². The van der Waals surface area contributed by atoms with Gasteiger partial charge in [0.05, 0.1) is 5.39 Å². The summed E-state index contributed by atoms with van der Waals surface area (Å²) in [6.07, 6.45) is 0. The second-order valence-corrected chi connectivity index (χ2v) is 5.53. The molecule has 0 bridgehead atoms. The minimum atomic E-state index is -0.384. The SMILES string of the molecule is O=c1c2cc(-c3cccc(O)c3)ccc2oc2cc(O)cc(O)c12. The zero-order valence-electron chi connectivity index (χ0n) is 12.4. The Bertz CT molecular complexity index is 1160. The first-order valence-electron chi connectivity index (χ1n) is 7.25. The molecule has 0 saturated heterocycles. The van der Waals surface area contributed by atoms with Gasteiger partial charge in [0.15, 0.2) is 0 Å². The maximum atomic E-state index is 12.7. The summed E-state index contributed by atoms with van der Waals surface area (Å²) < 4.78 is 5.63. The molecule has 3 N–H and O–H groups in total. The molecule has 0 aliphatic rings. The highest BCUT2D eigenvalue weighted by Gasteiger charge is 2.13. The highest BCUT2D eigenvalue weighted by Crippen LogP contribution is 2.31. The highest BCUT2D eigenvalue weighted by atomic mass is 16.3. The summed E-state index contributed by atoms with van der Waals surface area (Å²) in [5.74, 6) is -0.381. The minimum absolute atomic E-state index is 0.0216. The summed E-state index contributed by atoms with van der Waals surface area (Å²) in [5.41, 5.74) is 1.58. The van der Waals surface area contributed by atoms with Crippen LogP contribution in [0.4, 0.5) is 0 Å². The largest absolute Gasteiger partial charge is 0.508 e. The summed E-state index contributed by atoms with van der Waals surface area (Å²) in [7, 11) is 0. The van der Waals surface area contributed by atoms with Crippen molar-refractivity contribution in [2.24, 2.45) is 0 Å². The van der Waals surface area contributed by atoms with Gasteiger partial charge < -0.3 is 19.7 Å². The minimum Gasteiger partial charge on any atom is -0.508 e. The van der Waals surface area contributed by atoms with Gasteiger partial charge in [-0.3, -0.25) is 4.79 Å². The smallest absolute Gasteiger partial charge is 0.204 e. The third-order valence-corrected chi connectivity index (χ3v) is 3.92. The summed E-state index contributed by atoms with van der Waals surface area (Å²) in [6.45, 7) is 0. The Hall–Kier alpha value is -3.47. The fourth-order valence-electron chi connectivity index (χ4n) is 2.81. The summed E-state index contributed by atoms with van der Waals surface area (Å²) in [4.78, 5) is 12.7. The topological polar surface area (TPSA) is 90.9 Å². The van der Waals surface area contributed by atoms with Gasteiger partial charge in [-0.1, -0.05) is 18.2 Å². The standard InChI is InChI=1S/C19H12O5/c20-12-3-1-2-10(6-12)11-4-5-16-14(7-11)19(23)18-15(22)8-13(21)9-17(18)24-16/h1-9,20-22H. The van der Waals surface area contributed by atoms with Gasteiger partial charge in [-0.15, -0.1) is 0 Å². The molecule has 1 heterocycles. The van der Waals surface area contributed by atoms with E-state index in [9.17, 15) is 20.1 Å². The van der Waals surface area contributed by atoms with Crippen molar-refractivity contribution in [2.45, 2.75) is 0 Å². The van der Waals surface area contributed by atoms with Gasteiger partial charge in [0, 0.05) is 12.1 Å². The zero-order valence-corrected chi connectivity index (χ0v) is 12.4. The van der Waals surface area contributed by atoms with E-state index in [4.69, 9.17) is 4.42 Å². The summed E-state index contributed by atoms with van der Waals surface area (Å²) in [6, 6.07) is 14.2. The maximum Gasteiger partial charge on any atom is 0.204 e. The van der Waals surface area contributed by atoms with E-state index in [-0.39, 0.29) is 33.6 Å². The molecular weight excluding hydrogens is 308 g/mol. The highest BCUT2D eigenvalue weighted by molar-refractivity contribution is 5.95. The van der Waals surface area contributed by atoms with Gasteiger partial charge in [0.1, 0.15) is 33.8 Å². The van der Waals surface area contributed by atoms with Crippen LogP contribution in [0, 0.1) is 0 Å². The average molecular weight is 320 g/mol. The third kappa shape index (κ3) is 2.14. The Kier molecular flexibility index (Phi) is 2.96. The quantitative estimate of drug-likeness (QED) is 0.465. The number of hydrogen-bond donors (Lipinski definition) is 3. The van der Waals surface area contributed by atoms with Crippen molar-refractivity contribution in [3.63, 3.8) is 0 Å². The van der Waals surface area contributed by atoms with Crippen molar-refractivity contribution < 1.29 is 19.7 Å². The molecule has 24 heavy (non-hydrogen) atoms. The molecule has 0 unspecified atom stereocenters. The van der Waals surface area contributed by atoms with Gasteiger partial charge in [0.25, 0.3) is 0 Å². The fourth-order valence-corrected chi connectivity index (χ4v) is 2.81. The van der Waals surface area contributed by atoms with E-state index < -0.39 is 0 Å². The van der Waals surface area contributed by atoms with Gasteiger partial charge in [-0.05, 0) is 35.4 Å². The first kappa shape index (κ1) is 14.1. The molecule has 4 rings (SSSR count). The molecule has 0 fully saturated rings. The van der Waals surface area contributed by atoms with Crippen LogP contribution in [-0.2, 0) is 0 Å². The Balaban J connectivity index is 2.05. The first-order valence-corrected chi connectivity index (χ1v) is 7.25. The summed E-state index contributed by atoms with van der Waals surface area (Å²) in [5, 5.41) is 29.4. The third-order valence-electron chi connectivity index (χ3n) is 3.92. The van der Waals surface area contributed by atoms with E-state index in [0.717, 1.165) is 17.2 Å². The van der Waals surface area contributed by atoms with Gasteiger partial charge in [0.2, 0.25) is 5.43 Å². The number of phenolic OH excluding ortho intramolecular Hbond substituents is 3. The number of hydrogen-bond acceptors (Lipinski definition) is 5. The molecule has 0 saturated carbocycles. The van der Waals surface area contributed by atoms with E-state index in [1.54, 1.807) is 36.4 Å². The van der Waals surface area contributed by atoms with Crippen molar-refractivity contribution in [1.82, 2.24) is 0 Å². The van der Waals surface area contributed by atoms with Crippen LogP contribution in [0.3, 0.4) is 0 Å². The molecule has 0 atom stereocenters. The summed E-state index contributed by atoms with van der Waals surface area (Å²) >= 11 is 0. The fraction of sp³-hybridized carbons (Fsp3) is 0. The van der Waals surface area contributed by atoms with Crippen LogP contribution in [0.15, 0.2) is 63.8 Å². The molecule has 1 aromatic heterocycles. The van der Waals surface area contributed by atoms with Crippen molar-refractivity contribution in [2.75, 3.05) is 0 Å². The number of aromatic hydroxyl groups is 3. The normalized spacial score (nSPS) is 11.2. The lowest BCUT2D eigenvalue weighted by atomic mass is 10.0. The molecule has 5 nitrogen and oxygen atoms in total. The monoisotopic (exact) mass is 320 g/mol. The molecule has 0 amide bonds. The molecule has 118 valence electrons. The van der Waals surface area contributed by atoms with Crippen LogP contribution in [0.1, 0.15) is 0 Å². The Morgan fingerprint density at radius 2 is 1.54 bits per heavy atom. The Morgan fingerprint density at radius 1 is 0.750 bits per heavy atom. The predicted octanol–water partition coefficient (Wildman–Crippen LogP) is 3.73. The molecule has 0 radical (unpaired) electrons. The average Bonchev–Trinajstić information content (AvgIpc) is 2.54. The van der Waals surface area contributed by atoms with Crippen LogP contribution in [-0.4, -0.2) is 15.3 Å². The van der Waals surface area contributed by atoms with Crippen LogP contribution in [0.25, 0.3) is 33.1 Å². The number of benzene rings is 3. The Labute approximate surface area is 135 Å². The lowest BCUT2D eigenvalue weighted by Crippen LogP contribution is -2.02. The van der Waals surface area contributed by atoms with Crippen LogP contribution in [0.5, 0.6) is 17.2 Å². The zero-order chi connectivity index (χ0) is 16.8. The van der Waals surface area contributed by atoms with E-state index in [1.165, 1.54) is 6.07 Å². The van der Waals surface area contributed by atoms with Crippen molar-refractivity contribution in [3.8, 4) is 28.4 Å². The molecule has 5 heteroatoms. The van der Waals surface area contributed by atoms with Crippen molar-refractivity contribution in [3.05, 3.63) is 64.8 Å². The predicted molar refractivity (Wildman–Crippen MR) is 90.4 cm³/mol. The van der Waals surface area contributed by atoms with E-state index in [1.807, 2.05) is 6.07 Å². The van der Waals surface area contributed by atoms with Crippen LogP contribution >= 0.6 is 0 Å². The molecular formula is C19H12O5. The van der Waals surface area contributed by atoms with Gasteiger partial charge >= 0.3 is 0 Å². The number of phenols is 3. The van der Waals surface area contributed by atoms with Gasteiger partial charge in [-0.2, -0.15) is 0 Å². The second-order valence-electron chi connectivity index (χ2n) is 5.53. The van der Waals surface area contributed by atoms with E-state index in [0.29, 0.717) is 11.0 Å². The molecule has 0 aliphatic carbocycles. The molecule has 0 aliphatic heterocycles. The molecule has 3 aromatic carbocycles. The van der Waals surface area contributed by atoms with Gasteiger partial charge in [-0.25, -0.2) is 0 Å². The van der Waals surface area contributed by atoms with E-state index in [2.05, 4.69) is 0 Å². The first-order chi connectivity index (χ1) is 11.5. The van der Waals surface area contributed by atoms with Crippen molar-refractivity contribution in [1.29, 1.82) is 0 Å². The lowest BCUT2D eigenvalue weighted by molar-refractivity contribution is 0.453. The second kappa shape index (κ2) is 5.03. The molecule has 4 aromatic rings. The number of fused-ring (bicyclic) bond motifs is 2. The molecule has 0 spiro atoms. The van der Waals surface area contributed by atoms with Crippen molar-refractivity contribution >= 4 is 21.9 Å².